The van der Waals surface area contributed by atoms with Crippen LogP contribution in [0.1, 0.15) is 83.3 Å². The van der Waals surface area contributed by atoms with Gasteiger partial charge in [0.25, 0.3) is 0 Å². The number of thiol groups is 1. The second-order valence-corrected chi connectivity index (χ2v) is 28.5. The summed E-state index contributed by atoms with van der Waals surface area (Å²) in [6.07, 6.45) is -2.09. The summed E-state index contributed by atoms with van der Waals surface area (Å²) in [5, 5.41) is 87.0. The summed E-state index contributed by atoms with van der Waals surface area (Å²) in [7, 11) is 1.71. The number of aromatic amines is 1. The predicted octanol–water partition coefficient (Wildman–Crippen LogP) is 2.92. The maximum absolute atomic E-state index is 15.2. The van der Waals surface area contributed by atoms with Crippen molar-refractivity contribution < 1.29 is 88.1 Å². The number of aliphatic hydroxyl groups is 2. The van der Waals surface area contributed by atoms with Crippen LogP contribution in [0.2, 0.25) is 0 Å². The van der Waals surface area contributed by atoms with E-state index in [9.17, 15) is 64.2 Å². The Bertz CT molecular complexity index is 4420. The lowest BCUT2D eigenvalue weighted by molar-refractivity contribution is -0.145. The van der Waals surface area contributed by atoms with Crippen molar-refractivity contribution in [1.82, 2.24) is 47.5 Å². The molecule has 10 rings (SSSR count). The average molecular weight is 1510 g/mol. The van der Waals surface area contributed by atoms with Crippen molar-refractivity contribution in [2.75, 3.05) is 29.9 Å². The van der Waals surface area contributed by atoms with E-state index in [-0.39, 0.29) is 91.1 Å². The van der Waals surface area contributed by atoms with Crippen LogP contribution in [0.15, 0.2) is 145 Å². The number of ether oxygens (including phenoxy) is 2. The highest BCUT2D eigenvalue weighted by Gasteiger charge is 2.54. The summed E-state index contributed by atoms with van der Waals surface area (Å²) in [6.45, 7) is 2.27. The number of carboxylic acids is 1. The van der Waals surface area contributed by atoms with Gasteiger partial charge in [0.05, 0.1) is 24.3 Å². The lowest BCUT2D eigenvalue weighted by Crippen LogP contribution is -2.62. The Morgan fingerprint density at radius 3 is 1.97 bits per heavy atom. The van der Waals surface area contributed by atoms with E-state index in [1.165, 1.54) is 61.5 Å². The molecular weight excluding hydrogens is 1430 g/mol. The fraction of sp³-hybridized carbons (Fsp3) is 0.329. The van der Waals surface area contributed by atoms with Gasteiger partial charge in [-0.25, -0.2) is 9.59 Å². The number of phenolic OH excluding ortho intramolecular Hbond substituents is 3. The number of fused-ring (bicyclic) bond motifs is 7. The Hall–Kier alpha value is -10.8. The molecular formula is C73H80N12O18S3. The minimum absolute atomic E-state index is 0.0164. The Labute approximate surface area is 620 Å². The smallest absolute Gasteiger partial charge is 0.340 e. The Kier molecular flexibility index (Phi) is 25.9. The van der Waals surface area contributed by atoms with Gasteiger partial charge in [-0.15, -0.1) is 12.6 Å². The van der Waals surface area contributed by atoms with Gasteiger partial charge in [0.1, 0.15) is 71.0 Å². The van der Waals surface area contributed by atoms with Crippen LogP contribution in [-0.4, -0.2) is 185 Å². The van der Waals surface area contributed by atoms with Crippen LogP contribution in [0.3, 0.4) is 0 Å². The summed E-state index contributed by atoms with van der Waals surface area (Å²) in [6, 6.07) is 22.0. The molecule has 7 aromatic rings. The van der Waals surface area contributed by atoms with Crippen LogP contribution in [0.25, 0.3) is 10.9 Å². The Balaban J connectivity index is 0.931. The number of nitrogens with two attached hydrogens (primary N) is 1. The second kappa shape index (κ2) is 35.3. The number of amides is 8. The number of unbranched alkanes of at least 4 members (excludes halogenated alkanes) is 1. The van der Waals surface area contributed by atoms with Gasteiger partial charge < -0.3 is 98.7 Å². The van der Waals surface area contributed by atoms with Gasteiger partial charge in [0, 0.05) is 88.8 Å². The number of hydrogen-bond acceptors (Lipinski definition) is 21. The lowest BCUT2D eigenvalue weighted by atomic mass is 9.77. The molecule has 18 N–H and O–H groups in total. The molecule has 3 aliphatic rings. The molecule has 0 bridgehead atoms. The maximum Gasteiger partial charge on any atom is 0.340 e. The third-order valence-electron chi connectivity index (χ3n) is 17.8. The number of aliphatic carboxylic acids is 1. The van der Waals surface area contributed by atoms with E-state index in [0.717, 1.165) is 28.5 Å². The number of carboxylic acid groups (broad SMARTS) is 1. The number of aromatic nitrogens is 1. The average Bonchev–Trinajstić information content (AvgIpc) is 1.48. The number of rotatable bonds is 22. The number of carbonyl (C=O) groups is 10. The first-order valence-corrected chi connectivity index (χ1v) is 36.8. The van der Waals surface area contributed by atoms with E-state index >= 15 is 14.4 Å². The number of aliphatic hydroxyl groups excluding tert-OH is 2. The number of esters is 1. The number of phenols is 3. The molecule has 558 valence electrons. The molecule has 10 atom stereocenters. The van der Waals surface area contributed by atoms with Crippen LogP contribution >= 0.6 is 34.2 Å². The molecule has 8 amide bonds. The minimum Gasteiger partial charge on any atom is -0.508 e. The topological polar surface area (TPSA) is 473 Å². The van der Waals surface area contributed by atoms with Gasteiger partial charge in [-0.05, 0) is 111 Å². The molecule has 1 saturated heterocycles. The van der Waals surface area contributed by atoms with Crippen molar-refractivity contribution in [3.05, 3.63) is 179 Å². The van der Waals surface area contributed by atoms with Crippen molar-refractivity contribution in [2.24, 2.45) is 10.7 Å². The van der Waals surface area contributed by atoms with Crippen LogP contribution < -0.4 is 58.3 Å². The fourth-order valence-electron chi connectivity index (χ4n) is 12.4. The molecule has 4 heterocycles. The lowest BCUT2D eigenvalue weighted by Gasteiger charge is -2.36. The van der Waals surface area contributed by atoms with Gasteiger partial charge in [-0.2, -0.15) is 0 Å². The number of H-pyrrole nitrogens is 1. The van der Waals surface area contributed by atoms with Crippen LogP contribution in [0.5, 0.6) is 28.7 Å². The zero-order valence-electron chi connectivity index (χ0n) is 57.2. The first kappa shape index (κ1) is 77.8. The third kappa shape index (κ3) is 19.2. The SMILES string of the molecule is C[C@@H](O)[C@H](NC(=O)[C@H]1CSSC[C@H](NC(=O)[C@@H](Cc2ccccc2)NC(=O)CCN=C(S)Nc2ccc3c(c2)C(=O)OC32c3ccc(O)cc3Oc3cc(O)ccc32)C(=O)N[C@@H](Cc2ccc(O)cc2)C(=O)N[C@H](Cc2c[nH]c3ccccc23)C(=O)N[C@@H](CCCCN)C(=O)N[C@H]([C@@H](C)O)C(=O)N1)C(=O)O. The summed E-state index contributed by atoms with van der Waals surface area (Å²) in [4.78, 5) is 151. The Morgan fingerprint density at radius 1 is 0.679 bits per heavy atom. The predicted molar refractivity (Wildman–Crippen MR) is 396 cm³/mol. The van der Waals surface area contributed by atoms with E-state index in [1.54, 1.807) is 85.1 Å². The van der Waals surface area contributed by atoms with Gasteiger partial charge >= 0.3 is 11.9 Å². The highest BCUT2D eigenvalue weighted by atomic mass is 33.1. The normalized spacial score (nSPS) is 20.3. The van der Waals surface area contributed by atoms with Gasteiger partial charge in [-0.1, -0.05) is 88.3 Å². The van der Waals surface area contributed by atoms with Gasteiger partial charge in [-0.3, -0.25) is 43.3 Å². The summed E-state index contributed by atoms with van der Waals surface area (Å²) >= 11 is 4.52. The minimum atomic E-state index is -1.89. The number of aromatic hydroxyl groups is 3. The summed E-state index contributed by atoms with van der Waals surface area (Å²) in [5.74, 6) is -10.8. The fourth-order valence-corrected chi connectivity index (χ4v) is 14.9. The third-order valence-corrected chi connectivity index (χ3v) is 20.5. The first-order valence-electron chi connectivity index (χ1n) is 33.8. The van der Waals surface area contributed by atoms with E-state index in [0.29, 0.717) is 56.4 Å². The molecule has 0 aliphatic carbocycles. The molecule has 106 heavy (non-hydrogen) atoms. The van der Waals surface area contributed by atoms with E-state index in [1.807, 2.05) is 0 Å². The molecule has 1 spiro atoms. The van der Waals surface area contributed by atoms with E-state index in [2.05, 4.69) is 70.5 Å². The molecule has 30 nitrogen and oxygen atoms in total. The second-order valence-electron chi connectivity index (χ2n) is 25.6. The largest absolute Gasteiger partial charge is 0.508 e. The van der Waals surface area contributed by atoms with Gasteiger partial charge in [0.2, 0.25) is 47.3 Å². The number of aliphatic imine (C=N–C) groups is 1. The van der Waals surface area contributed by atoms with E-state index in [4.69, 9.17) is 15.2 Å². The van der Waals surface area contributed by atoms with Crippen molar-refractivity contribution in [1.29, 1.82) is 0 Å². The zero-order valence-corrected chi connectivity index (χ0v) is 59.7. The highest BCUT2D eigenvalue weighted by Crippen LogP contribution is 2.57. The molecule has 1 aromatic heterocycles. The summed E-state index contributed by atoms with van der Waals surface area (Å²) in [5.41, 5.74) is 8.32. The molecule has 3 aliphatic heterocycles. The molecule has 0 saturated carbocycles. The van der Waals surface area contributed by atoms with Crippen LogP contribution in [0, 0.1) is 0 Å². The molecule has 0 radical (unpaired) electrons. The number of amidine groups is 1. The first-order chi connectivity index (χ1) is 50.8. The number of hydrogen-bond donors (Lipinski definition) is 18. The van der Waals surface area contributed by atoms with Crippen LogP contribution in [0.4, 0.5) is 5.69 Å². The summed E-state index contributed by atoms with van der Waals surface area (Å²) < 4.78 is 12.3. The van der Waals surface area contributed by atoms with Crippen molar-refractivity contribution in [2.45, 2.75) is 125 Å². The Morgan fingerprint density at radius 2 is 1.30 bits per heavy atom. The quantitative estimate of drug-likeness (QED) is 0.0116. The number of anilines is 1. The maximum atomic E-state index is 15.2. The standard InChI is InChI=1S/C73H80N12O18S3/c1-37(86)61-69(98)83-57(68(97)85-62(38(2)87)70(99)100)36-106-105-35-56(67(96)80-54(29-40-15-18-43(88)19-16-40)65(94)81-55(30-41-34-76-51-13-7-6-12-46(41)51)66(95)79-52(63(92)84-61)14-8-9-26-74)82-64(93)53(28-39-10-4-3-5-11-39)78-60(91)25-27-75-72(104)77-42-17-22-48-47(31-42)71(101)103-73(48)49-23-20-44(89)32-58(49)102-59-33-45(90)21-24-50(59)73/h3-7,10-13,15-24,31-34,37-38,52-57,61-62,76,86-90H,8-9,14,25-30,35-36,74H2,1-2H3,(H,78,91)(H,79,95)(H,80,96)(H,81,94)(H,82,93)(H,83,98)(H,84,92)(H,85,97)(H,99,100)(H2,75,77,104)/t37-,38-,52+,53-,54+,55-,56+,57-,61-,62+/m1/s1. The number of para-hydroxylation sites is 1. The number of benzene rings is 6. The monoisotopic (exact) mass is 1510 g/mol. The number of nitrogens with zero attached hydrogens (tertiary/aromatic N) is 1. The van der Waals surface area contributed by atoms with Crippen molar-refractivity contribution in [3.63, 3.8) is 0 Å². The van der Waals surface area contributed by atoms with Crippen LogP contribution in [-0.2, 0) is 72.8 Å². The zero-order chi connectivity index (χ0) is 75.9. The van der Waals surface area contributed by atoms with E-state index < -0.39 is 137 Å². The molecule has 6 aromatic carbocycles. The number of nitrogens with one attached hydrogen (secondary N) is 10. The molecule has 0 unspecified atom stereocenters. The molecule has 33 heteroatoms. The van der Waals surface area contributed by atoms with Crippen molar-refractivity contribution >= 4 is 115 Å². The highest BCUT2D eigenvalue weighted by molar-refractivity contribution is 8.76. The van der Waals surface area contributed by atoms with Crippen molar-refractivity contribution in [3.8, 4) is 28.7 Å². The van der Waals surface area contributed by atoms with Gasteiger partial charge in [0.15, 0.2) is 16.8 Å². The number of carbonyl (C=O) groups excluding carboxylic acids is 9. The molecule has 1 fully saturated rings.